The lowest BCUT2D eigenvalue weighted by Gasteiger charge is -2.08. The van der Waals surface area contributed by atoms with E-state index in [0.29, 0.717) is 5.56 Å². The fourth-order valence-corrected chi connectivity index (χ4v) is 1.75. The zero-order valence-electron chi connectivity index (χ0n) is 10.5. The van der Waals surface area contributed by atoms with Crippen LogP contribution in [-0.2, 0) is 17.4 Å². The van der Waals surface area contributed by atoms with Crippen LogP contribution in [0, 0.1) is 5.95 Å². The Hall–Kier alpha value is -2.44. The molecule has 2 rings (SSSR count). The van der Waals surface area contributed by atoms with Gasteiger partial charge in [-0.1, -0.05) is 18.2 Å². The average molecular weight is 299 g/mol. The van der Waals surface area contributed by atoms with Crippen molar-refractivity contribution >= 4 is 5.97 Å². The van der Waals surface area contributed by atoms with Gasteiger partial charge in [0.05, 0.1) is 17.7 Å². The van der Waals surface area contributed by atoms with E-state index in [2.05, 4.69) is 4.98 Å². The van der Waals surface area contributed by atoms with E-state index in [4.69, 9.17) is 5.11 Å². The van der Waals surface area contributed by atoms with Crippen LogP contribution in [0.1, 0.15) is 11.1 Å². The monoisotopic (exact) mass is 299 g/mol. The summed E-state index contributed by atoms with van der Waals surface area (Å²) < 4.78 is 50.9. The SMILES string of the molecule is O=C(O)Cc1ccc(-c2ccc(C(F)(F)F)cc2)nc1F. The molecule has 0 fully saturated rings. The first-order chi connectivity index (χ1) is 9.77. The first kappa shape index (κ1) is 15.0. The first-order valence-corrected chi connectivity index (χ1v) is 5.82. The third-order valence-corrected chi connectivity index (χ3v) is 2.78. The Morgan fingerprint density at radius 2 is 1.71 bits per heavy atom. The van der Waals surface area contributed by atoms with Gasteiger partial charge in [-0.05, 0) is 18.2 Å². The third kappa shape index (κ3) is 3.56. The summed E-state index contributed by atoms with van der Waals surface area (Å²) >= 11 is 0. The second-order valence-corrected chi connectivity index (χ2v) is 4.29. The van der Waals surface area contributed by atoms with Gasteiger partial charge in [-0.3, -0.25) is 4.79 Å². The Morgan fingerprint density at radius 1 is 1.10 bits per heavy atom. The number of benzene rings is 1. The van der Waals surface area contributed by atoms with Crippen LogP contribution in [0.15, 0.2) is 36.4 Å². The maximum Gasteiger partial charge on any atom is 0.416 e. The minimum Gasteiger partial charge on any atom is -0.481 e. The van der Waals surface area contributed by atoms with Crippen molar-refractivity contribution in [2.24, 2.45) is 0 Å². The number of hydrogen-bond donors (Lipinski definition) is 1. The Balaban J connectivity index is 2.30. The van der Waals surface area contributed by atoms with Gasteiger partial charge in [0.2, 0.25) is 5.95 Å². The highest BCUT2D eigenvalue weighted by atomic mass is 19.4. The normalized spacial score (nSPS) is 11.4. The number of aliphatic carboxylic acids is 1. The van der Waals surface area contributed by atoms with E-state index in [0.717, 1.165) is 12.1 Å². The summed E-state index contributed by atoms with van der Waals surface area (Å²) in [4.78, 5) is 14.1. The van der Waals surface area contributed by atoms with E-state index in [9.17, 15) is 22.4 Å². The molecule has 2 aromatic rings. The quantitative estimate of drug-likeness (QED) is 0.696. The molecule has 0 spiro atoms. The summed E-state index contributed by atoms with van der Waals surface area (Å²) in [5, 5.41) is 8.58. The van der Waals surface area contributed by atoms with E-state index in [-0.39, 0.29) is 11.3 Å². The zero-order valence-corrected chi connectivity index (χ0v) is 10.5. The number of hydrogen-bond acceptors (Lipinski definition) is 2. The van der Waals surface area contributed by atoms with Gasteiger partial charge in [-0.25, -0.2) is 4.98 Å². The average Bonchev–Trinajstić information content (AvgIpc) is 2.40. The molecule has 3 nitrogen and oxygen atoms in total. The van der Waals surface area contributed by atoms with Crippen LogP contribution >= 0.6 is 0 Å². The topological polar surface area (TPSA) is 50.2 Å². The third-order valence-electron chi connectivity index (χ3n) is 2.78. The van der Waals surface area contributed by atoms with Crippen LogP contribution < -0.4 is 0 Å². The smallest absolute Gasteiger partial charge is 0.416 e. The van der Waals surface area contributed by atoms with Gasteiger partial charge in [0.25, 0.3) is 0 Å². The number of carbonyl (C=O) groups is 1. The molecule has 7 heteroatoms. The van der Waals surface area contributed by atoms with E-state index in [1.807, 2.05) is 0 Å². The van der Waals surface area contributed by atoms with Crippen molar-refractivity contribution in [2.75, 3.05) is 0 Å². The summed E-state index contributed by atoms with van der Waals surface area (Å²) in [6.45, 7) is 0. The van der Waals surface area contributed by atoms with Gasteiger partial charge >= 0.3 is 12.1 Å². The number of carboxylic acids is 1. The van der Waals surface area contributed by atoms with E-state index >= 15 is 0 Å². The van der Waals surface area contributed by atoms with Gasteiger partial charge in [0.1, 0.15) is 0 Å². The molecule has 1 N–H and O–H groups in total. The Labute approximate surface area is 116 Å². The Bertz CT molecular complexity index is 666. The van der Waals surface area contributed by atoms with Crippen molar-refractivity contribution in [1.29, 1.82) is 0 Å². The molecule has 0 radical (unpaired) electrons. The van der Waals surface area contributed by atoms with E-state index in [1.54, 1.807) is 0 Å². The minimum atomic E-state index is -4.44. The van der Waals surface area contributed by atoms with Crippen LogP contribution in [0.4, 0.5) is 17.6 Å². The van der Waals surface area contributed by atoms with Gasteiger partial charge < -0.3 is 5.11 Å². The number of carboxylic acid groups (broad SMARTS) is 1. The van der Waals surface area contributed by atoms with Crippen LogP contribution in [-0.4, -0.2) is 16.1 Å². The van der Waals surface area contributed by atoms with Crippen molar-refractivity contribution < 1.29 is 27.5 Å². The predicted molar refractivity (Wildman–Crippen MR) is 66.0 cm³/mol. The summed E-state index contributed by atoms with van der Waals surface area (Å²) in [5.74, 6) is -2.15. The molecule has 0 aliphatic rings. The number of pyridine rings is 1. The molecule has 110 valence electrons. The molecule has 1 aromatic heterocycles. The zero-order chi connectivity index (χ0) is 15.6. The molecule has 0 unspecified atom stereocenters. The molecule has 21 heavy (non-hydrogen) atoms. The van der Waals surface area contributed by atoms with Gasteiger partial charge in [-0.2, -0.15) is 17.6 Å². The summed E-state index contributed by atoms with van der Waals surface area (Å²) in [6.07, 6.45) is -4.95. The van der Waals surface area contributed by atoms with Gasteiger partial charge in [0.15, 0.2) is 0 Å². The predicted octanol–water partition coefficient (Wildman–Crippen LogP) is 3.53. The largest absolute Gasteiger partial charge is 0.481 e. The van der Waals surface area contributed by atoms with Crippen LogP contribution in [0.3, 0.4) is 0 Å². The molecule has 0 bridgehead atoms. The van der Waals surface area contributed by atoms with Crippen molar-refractivity contribution in [3.63, 3.8) is 0 Å². The standard InChI is InChI=1S/C14H9F4NO2/c15-13-9(7-12(20)21)3-6-11(19-13)8-1-4-10(5-2-8)14(16,17)18/h1-6H,7H2,(H,20,21). The highest BCUT2D eigenvalue weighted by Gasteiger charge is 2.30. The molecule has 0 aliphatic carbocycles. The molecule has 1 aromatic carbocycles. The molecule has 0 saturated heterocycles. The molecular formula is C14H9F4NO2. The number of alkyl halides is 3. The lowest BCUT2D eigenvalue weighted by Crippen LogP contribution is -2.05. The minimum absolute atomic E-state index is 0.0850. The molecule has 0 atom stereocenters. The summed E-state index contributed by atoms with van der Waals surface area (Å²) in [7, 11) is 0. The Morgan fingerprint density at radius 3 is 2.19 bits per heavy atom. The van der Waals surface area contributed by atoms with Gasteiger partial charge in [0, 0.05) is 11.1 Å². The second kappa shape index (κ2) is 5.51. The number of nitrogens with zero attached hydrogens (tertiary/aromatic N) is 1. The van der Waals surface area contributed by atoms with Crippen LogP contribution in [0.5, 0.6) is 0 Å². The highest BCUT2D eigenvalue weighted by molar-refractivity contribution is 5.70. The number of aromatic nitrogens is 1. The highest BCUT2D eigenvalue weighted by Crippen LogP contribution is 2.30. The molecular weight excluding hydrogens is 290 g/mol. The fourth-order valence-electron chi connectivity index (χ4n) is 1.75. The first-order valence-electron chi connectivity index (χ1n) is 5.82. The van der Waals surface area contributed by atoms with Crippen molar-refractivity contribution in [3.8, 4) is 11.3 Å². The fraction of sp³-hybridized carbons (Fsp3) is 0.143. The lowest BCUT2D eigenvalue weighted by molar-refractivity contribution is -0.138. The maximum absolute atomic E-state index is 13.6. The molecule has 0 saturated carbocycles. The van der Waals surface area contributed by atoms with Crippen LogP contribution in [0.2, 0.25) is 0 Å². The summed E-state index contributed by atoms with van der Waals surface area (Å²) in [5.41, 5.74) is -0.452. The van der Waals surface area contributed by atoms with Crippen molar-refractivity contribution in [3.05, 3.63) is 53.5 Å². The lowest BCUT2D eigenvalue weighted by atomic mass is 10.1. The number of rotatable bonds is 3. The maximum atomic E-state index is 13.6. The van der Waals surface area contributed by atoms with Crippen molar-refractivity contribution in [1.82, 2.24) is 4.98 Å². The van der Waals surface area contributed by atoms with Crippen molar-refractivity contribution in [2.45, 2.75) is 12.6 Å². The summed E-state index contributed by atoms with van der Waals surface area (Å²) in [6, 6.07) is 6.73. The van der Waals surface area contributed by atoms with E-state index in [1.165, 1.54) is 24.3 Å². The Kier molecular flexibility index (Phi) is 3.93. The van der Waals surface area contributed by atoms with E-state index < -0.39 is 30.1 Å². The van der Waals surface area contributed by atoms with Crippen LogP contribution in [0.25, 0.3) is 11.3 Å². The number of halogens is 4. The molecule has 0 aliphatic heterocycles. The molecule has 1 heterocycles. The van der Waals surface area contributed by atoms with Gasteiger partial charge in [-0.15, -0.1) is 0 Å². The molecule has 0 amide bonds. The second-order valence-electron chi connectivity index (χ2n) is 4.29.